The van der Waals surface area contributed by atoms with Crippen LogP contribution in [0.2, 0.25) is 5.02 Å². The van der Waals surface area contributed by atoms with Crippen molar-refractivity contribution in [1.29, 1.82) is 0 Å². The molecule has 0 aromatic heterocycles. The van der Waals surface area contributed by atoms with Crippen molar-refractivity contribution >= 4 is 29.4 Å². The molecule has 8 heteroatoms. The van der Waals surface area contributed by atoms with Gasteiger partial charge in [-0.2, -0.15) is 0 Å². The number of piperidine rings is 1. The Balaban J connectivity index is 1.57. The molecule has 0 unspecified atom stereocenters. The number of hydrogen-bond acceptors (Lipinski definition) is 4. The maximum absolute atomic E-state index is 12.5. The van der Waals surface area contributed by atoms with Crippen molar-refractivity contribution in [1.82, 2.24) is 9.80 Å². The number of anilines is 1. The monoisotopic (exact) mass is 367 g/mol. The van der Waals surface area contributed by atoms with Crippen LogP contribution in [0.5, 0.6) is 5.75 Å². The fourth-order valence-corrected chi connectivity index (χ4v) is 3.43. The highest BCUT2D eigenvalue weighted by Crippen LogP contribution is 2.28. The van der Waals surface area contributed by atoms with E-state index >= 15 is 0 Å². The highest BCUT2D eigenvalue weighted by atomic mass is 35.5. The van der Waals surface area contributed by atoms with E-state index < -0.39 is 0 Å². The molecule has 2 aliphatic heterocycles. The Kier molecular flexibility index (Phi) is 5.53. The summed E-state index contributed by atoms with van der Waals surface area (Å²) in [6.45, 7) is 2.40. The van der Waals surface area contributed by atoms with Crippen molar-refractivity contribution in [3.8, 4) is 5.75 Å². The zero-order valence-corrected chi connectivity index (χ0v) is 14.9. The molecule has 2 aliphatic rings. The second-order valence-corrected chi connectivity index (χ2v) is 6.59. The first-order chi connectivity index (χ1) is 12.1. The van der Waals surface area contributed by atoms with Crippen LogP contribution < -0.4 is 10.1 Å². The molecular weight excluding hydrogens is 346 g/mol. The van der Waals surface area contributed by atoms with Crippen molar-refractivity contribution in [2.75, 3.05) is 38.7 Å². The van der Waals surface area contributed by atoms with Crippen molar-refractivity contribution in [2.45, 2.75) is 25.3 Å². The number of hydrogen-bond donors (Lipinski definition) is 1. The Morgan fingerprint density at radius 3 is 2.76 bits per heavy atom. The maximum Gasteiger partial charge on any atom is 0.410 e. The van der Waals surface area contributed by atoms with Crippen LogP contribution in [0.4, 0.5) is 15.3 Å². The van der Waals surface area contributed by atoms with Gasteiger partial charge in [-0.15, -0.1) is 0 Å². The second-order valence-electron chi connectivity index (χ2n) is 6.15. The molecule has 1 aromatic rings. The number of rotatable bonds is 3. The minimum atomic E-state index is -0.238. The van der Waals surface area contributed by atoms with Crippen molar-refractivity contribution < 1.29 is 19.1 Å². The number of amides is 3. The lowest BCUT2D eigenvalue weighted by atomic mass is 10.0. The summed E-state index contributed by atoms with van der Waals surface area (Å²) in [5, 5.41) is 3.37. The number of cyclic esters (lactones) is 1. The van der Waals surface area contributed by atoms with Gasteiger partial charge in [0.25, 0.3) is 0 Å². The van der Waals surface area contributed by atoms with E-state index in [1.807, 2.05) is 0 Å². The molecule has 0 bridgehead atoms. The van der Waals surface area contributed by atoms with Crippen LogP contribution in [0, 0.1) is 0 Å². The van der Waals surface area contributed by atoms with Gasteiger partial charge in [0.2, 0.25) is 0 Å². The summed E-state index contributed by atoms with van der Waals surface area (Å²) in [6, 6.07) is 5.03. The number of likely N-dealkylation sites (tertiary alicyclic amines) is 1. The fourth-order valence-electron chi connectivity index (χ4n) is 3.25. The Hall–Kier alpha value is -2.15. The van der Waals surface area contributed by atoms with Crippen molar-refractivity contribution in [2.24, 2.45) is 0 Å². The van der Waals surface area contributed by atoms with Gasteiger partial charge in [-0.3, -0.25) is 0 Å². The lowest BCUT2D eigenvalue weighted by Crippen LogP contribution is -2.51. The van der Waals surface area contributed by atoms with Crippen LogP contribution in [0.1, 0.15) is 19.3 Å². The number of halogens is 1. The summed E-state index contributed by atoms with van der Waals surface area (Å²) in [5.41, 5.74) is 0.543. The number of nitrogens with zero attached hydrogens (tertiary/aromatic N) is 2. The van der Waals surface area contributed by atoms with Gasteiger partial charge in [0, 0.05) is 30.7 Å². The number of benzene rings is 1. The van der Waals surface area contributed by atoms with E-state index in [1.165, 1.54) is 0 Å². The fraction of sp³-hybridized carbons (Fsp3) is 0.529. The summed E-state index contributed by atoms with van der Waals surface area (Å²) in [6.07, 6.45) is 2.11. The van der Waals surface area contributed by atoms with Gasteiger partial charge in [0.15, 0.2) is 0 Å². The number of methoxy groups -OCH3 is 1. The zero-order chi connectivity index (χ0) is 17.8. The quantitative estimate of drug-likeness (QED) is 0.890. The van der Waals surface area contributed by atoms with Crippen LogP contribution in [0.15, 0.2) is 18.2 Å². The van der Waals surface area contributed by atoms with E-state index in [2.05, 4.69) is 5.32 Å². The van der Waals surface area contributed by atoms with Crippen molar-refractivity contribution in [3.05, 3.63) is 23.2 Å². The third-order valence-electron chi connectivity index (χ3n) is 4.60. The largest absolute Gasteiger partial charge is 0.495 e. The van der Waals surface area contributed by atoms with Crippen LogP contribution in [-0.2, 0) is 4.74 Å². The van der Waals surface area contributed by atoms with Gasteiger partial charge in [0.1, 0.15) is 5.75 Å². The normalized spacial score (nSPS) is 18.7. The molecule has 2 fully saturated rings. The summed E-state index contributed by atoms with van der Waals surface area (Å²) in [7, 11) is 1.54. The van der Waals surface area contributed by atoms with E-state index in [0.717, 1.165) is 25.8 Å². The molecule has 7 nitrogen and oxygen atoms in total. The standard InChI is InChI=1S/C17H22ClN3O4/c1-24-15-4-3-12(18)11-14(15)19-16(22)20-8-5-13(6-9-20)21-7-2-10-25-17(21)23/h3-4,11,13H,2,5-10H2,1H3,(H,19,22). The third-order valence-corrected chi connectivity index (χ3v) is 4.83. The topological polar surface area (TPSA) is 71.1 Å². The molecule has 0 aliphatic carbocycles. The molecule has 2 saturated heterocycles. The Morgan fingerprint density at radius 2 is 2.08 bits per heavy atom. The van der Waals surface area contributed by atoms with E-state index in [4.69, 9.17) is 21.1 Å². The average molecular weight is 368 g/mol. The molecule has 0 spiro atoms. The minimum absolute atomic E-state index is 0.137. The first-order valence-electron chi connectivity index (χ1n) is 8.41. The number of ether oxygens (including phenoxy) is 2. The second kappa shape index (κ2) is 7.82. The number of nitrogens with one attached hydrogen (secondary N) is 1. The van der Waals surface area contributed by atoms with Gasteiger partial charge < -0.3 is 24.6 Å². The van der Waals surface area contributed by atoms with Gasteiger partial charge in [-0.1, -0.05) is 11.6 Å². The van der Waals surface area contributed by atoms with Crippen LogP contribution in [0.3, 0.4) is 0 Å². The molecule has 3 rings (SSSR count). The molecule has 1 N–H and O–H groups in total. The highest BCUT2D eigenvalue weighted by molar-refractivity contribution is 6.31. The molecule has 0 radical (unpaired) electrons. The highest BCUT2D eigenvalue weighted by Gasteiger charge is 2.32. The van der Waals surface area contributed by atoms with Gasteiger partial charge in [-0.25, -0.2) is 9.59 Å². The predicted molar refractivity (Wildman–Crippen MR) is 94.3 cm³/mol. The van der Waals surface area contributed by atoms with Gasteiger partial charge in [-0.05, 0) is 37.5 Å². The van der Waals surface area contributed by atoms with E-state index in [1.54, 1.807) is 35.1 Å². The maximum atomic E-state index is 12.5. The van der Waals surface area contributed by atoms with E-state index in [9.17, 15) is 9.59 Å². The van der Waals surface area contributed by atoms with Crippen LogP contribution in [0.25, 0.3) is 0 Å². The third kappa shape index (κ3) is 4.10. The SMILES string of the molecule is COc1ccc(Cl)cc1NC(=O)N1CCC(N2CCCOC2=O)CC1. The molecule has 136 valence electrons. The van der Waals surface area contributed by atoms with Gasteiger partial charge in [0.05, 0.1) is 19.4 Å². The Bertz CT molecular complexity index is 647. The van der Waals surface area contributed by atoms with Crippen LogP contribution in [-0.4, -0.2) is 61.3 Å². The first-order valence-corrected chi connectivity index (χ1v) is 8.79. The summed E-state index contributed by atoms with van der Waals surface area (Å²) >= 11 is 5.99. The lowest BCUT2D eigenvalue weighted by Gasteiger charge is -2.39. The van der Waals surface area contributed by atoms with Crippen molar-refractivity contribution in [3.63, 3.8) is 0 Å². The Morgan fingerprint density at radius 1 is 1.32 bits per heavy atom. The molecule has 0 atom stereocenters. The average Bonchev–Trinajstić information content (AvgIpc) is 2.62. The molecule has 0 saturated carbocycles. The smallest absolute Gasteiger partial charge is 0.410 e. The number of carbonyl (C=O) groups excluding carboxylic acids is 2. The van der Waals surface area contributed by atoms with E-state index in [-0.39, 0.29) is 18.2 Å². The summed E-state index contributed by atoms with van der Waals surface area (Å²) in [5.74, 6) is 0.559. The van der Waals surface area contributed by atoms with Gasteiger partial charge >= 0.3 is 12.1 Å². The molecule has 3 amide bonds. The summed E-state index contributed by atoms with van der Waals surface area (Å²) in [4.78, 5) is 27.9. The Labute approximate surface area is 151 Å². The predicted octanol–water partition coefficient (Wildman–Crippen LogP) is 3.19. The lowest BCUT2D eigenvalue weighted by molar-refractivity contribution is 0.0418. The zero-order valence-electron chi connectivity index (χ0n) is 14.2. The summed E-state index contributed by atoms with van der Waals surface area (Å²) < 4.78 is 10.3. The minimum Gasteiger partial charge on any atom is -0.495 e. The molecule has 2 heterocycles. The number of urea groups is 1. The molecule has 25 heavy (non-hydrogen) atoms. The number of carbonyl (C=O) groups is 2. The van der Waals surface area contributed by atoms with E-state index in [0.29, 0.717) is 36.2 Å². The molecule has 1 aromatic carbocycles. The first kappa shape index (κ1) is 17.7. The van der Waals surface area contributed by atoms with Crippen LogP contribution >= 0.6 is 11.6 Å². The molecular formula is C17H22ClN3O4.